The zero-order valence-corrected chi connectivity index (χ0v) is 14.2. The van der Waals surface area contributed by atoms with Gasteiger partial charge in [0, 0.05) is 12.6 Å². The predicted octanol–water partition coefficient (Wildman–Crippen LogP) is 3.27. The number of amides is 2. The van der Waals surface area contributed by atoms with Gasteiger partial charge in [0.05, 0.1) is 13.2 Å². The molecule has 5 heteroatoms. The van der Waals surface area contributed by atoms with Crippen molar-refractivity contribution in [3.8, 4) is 11.5 Å². The Labute approximate surface area is 138 Å². The number of urea groups is 1. The van der Waals surface area contributed by atoms with Crippen LogP contribution in [0.3, 0.4) is 0 Å². The Hall–Kier alpha value is -1.91. The van der Waals surface area contributed by atoms with E-state index in [9.17, 15) is 4.79 Å². The summed E-state index contributed by atoms with van der Waals surface area (Å²) < 4.78 is 11.2. The Morgan fingerprint density at radius 2 is 1.83 bits per heavy atom. The highest BCUT2D eigenvalue weighted by molar-refractivity contribution is 5.74. The molecule has 0 bridgehead atoms. The fourth-order valence-corrected chi connectivity index (χ4v) is 2.88. The highest BCUT2D eigenvalue weighted by atomic mass is 16.5. The van der Waals surface area contributed by atoms with Crippen molar-refractivity contribution in [2.24, 2.45) is 0 Å². The molecule has 0 saturated heterocycles. The first-order chi connectivity index (χ1) is 11.2. The van der Waals surface area contributed by atoms with Crippen LogP contribution in [0.5, 0.6) is 11.5 Å². The molecule has 0 aromatic heterocycles. The fraction of sp³-hybridized carbons (Fsp3) is 0.611. The molecule has 1 aromatic carbocycles. The predicted molar refractivity (Wildman–Crippen MR) is 91.3 cm³/mol. The van der Waals surface area contributed by atoms with Gasteiger partial charge in [-0.25, -0.2) is 4.79 Å². The van der Waals surface area contributed by atoms with E-state index < -0.39 is 0 Å². The Kier molecular flexibility index (Phi) is 7.04. The fourth-order valence-electron chi connectivity index (χ4n) is 2.88. The van der Waals surface area contributed by atoms with Crippen LogP contribution < -0.4 is 20.1 Å². The first kappa shape index (κ1) is 17.4. The lowest BCUT2D eigenvalue weighted by atomic mass is 10.1. The third kappa shape index (κ3) is 5.66. The van der Waals surface area contributed by atoms with Crippen LogP contribution in [-0.2, 0) is 6.42 Å². The summed E-state index contributed by atoms with van der Waals surface area (Å²) in [6.45, 7) is 5.74. The monoisotopic (exact) mass is 320 g/mol. The summed E-state index contributed by atoms with van der Waals surface area (Å²) in [5.74, 6) is 1.53. The van der Waals surface area contributed by atoms with E-state index in [0.717, 1.165) is 36.3 Å². The number of ether oxygens (including phenoxy) is 2. The summed E-state index contributed by atoms with van der Waals surface area (Å²) in [5.41, 5.74) is 1.12. The maximum atomic E-state index is 11.8. The van der Waals surface area contributed by atoms with Crippen molar-refractivity contribution >= 4 is 6.03 Å². The number of hydrogen-bond acceptors (Lipinski definition) is 3. The van der Waals surface area contributed by atoms with Gasteiger partial charge in [0.25, 0.3) is 0 Å². The third-order valence-corrected chi connectivity index (χ3v) is 4.00. The van der Waals surface area contributed by atoms with Crippen LogP contribution in [0.25, 0.3) is 0 Å². The van der Waals surface area contributed by atoms with Crippen molar-refractivity contribution in [1.82, 2.24) is 10.6 Å². The van der Waals surface area contributed by atoms with Gasteiger partial charge in [-0.05, 0) is 50.8 Å². The van der Waals surface area contributed by atoms with E-state index in [1.54, 1.807) is 0 Å². The summed E-state index contributed by atoms with van der Waals surface area (Å²) in [5, 5.41) is 5.96. The Morgan fingerprint density at radius 1 is 1.13 bits per heavy atom. The summed E-state index contributed by atoms with van der Waals surface area (Å²) in [6, 6.07) is 6.23. The topological polar surface area (TPSA) is 59.6 Å². The SMILES string of the molecule is CCOc1ccc(CCNC(=O)NC2CCCC2)cc1OCC. The van der Waals surface area contributed by atoms with E-state index in [1.807, 2.05) is 32.0 Å². The molecular formula is C18H28N2O3. The zero-order valence-electron chi connectivity index (χ0n) is 14.2. The maximum Gasteiger partial charge on any atom is 0.315 e. The molecule has 5 nitrogen and oxygen atoms in total. The van der Waals surface area contributed by atoms with Gasteiger partial charge in [0.15, 0.2) is 11.5 Å². The van der Waals surface area contributed by atoms with Crippen molar-refractivity contribution in [2.45, 2.75) is 52.0 Å². The molecule has 2 amide bonds. The normalized spacial score (nSPS) is 14.5. The average Bonchev–Trinajstić information content (AvgIpc) is 3.03. The summed E-state index contributed by atoms with van der Waals surface area (Å²) in [7, 11) is 0. The molecule has 0 radical (unpaired) electrons. The van der Waals surface area contributed by atoms with Crippen LogP contribution in [-0.4, -0.2) is 31.8 Å². The molecule has 0 heterocycles. The van der Waals surface area contributed by atoms with Crippen molar-refractivity contribution < 1.29 is 14.3 Å². The quantitative estimate of drug-likeness (QED) is 0.773. The van der Waals surface area contributed by atoms with E-state index in [1.165, 1.54) is 12.8 Å². The van der Waals surface area contributed by atoms with Gasteiger partial charge in [-0.15, -0.1) is 0 Å². The van der Waals surface area contributed by atoms with E-state index in [0.29, 0.717) is 25.8 Å². The second-order valence-electron chi connectivity index (χ2n) is 5.78. The minimum atomic E-state index is -0.0622. The largest absolute Gasteiger partial charge is 0.490 e. The zero-order chi connectivity index (χ0) is 16.5. The molecular weight excluding hydrogens is 292 g/mol. The van der Waals surface area contributed by atoms with E-state index in [-0.39, 0.29) is 6.03 Å². The number of benzene rings is 1. The number of carbonyl (C=O) groups excluding carboxylic acids is 1. The number of rotatable bonds is 8. The van der Waals surface area contributed by atoms with Crippen LogP contribution in [0.2, 0.25) is 0 Å². The molecule has 2 N–H and O–H groups in total. The van der Waals surface area contributed by atoms with Gasteiger partial charge in [-0.1, -0.05) is 18.9 Å². The van der Waals surface area contributed by atoms with E-state index in [4.69, 9.17) is 9.47 Å². The Morgan fingerprint density at radius 3 is 2.52 bits per heavy atom. The Bertz CT molecular complexity index is 499. The molecule has 1 aromatic rings. The summed E-state index contributed by atoms with van der Waals surface area (Å²) in [6.07, 6.45) is 5.41. The van der Waals surface area contributed by atoms with Gasteiger partial charge in [0.1, 0.15) is 0 Å². The maximum absolute atomic E-state index is 11.8. The molecule has 128 valence electrons. The average molecular weight is 320 g/mol. The van der Waals surface area contributed by atoms with Gasteiger partial charge >= 0.3 is 6.03 Å². The molecule has 0 unspecified atom stereocenters. The summed E-state index contributed by atoms with van der Waals surface area (Å²) >= 11 is 0. The van der Waals surface area contributed by atoms with Crippen molar-refractivity contribution in [1.29, 1.82) is 0 Å². The van der Waals surface area contributed by atoms with Crippen LogP contribution in [0.1, 0.15) is 45.1 Å². The first-order valence-electron chi connectivity index (χ1n) is 8.65. The standard InChI is InChI=1S/C18H28N2O3/c1-3-22-16-10-9-14(13-17(16)23-4-2)11-12-19-18(21)20-15-7-5-6-8-15/h9-10,13,15H,3-8,11-12H2,1-2H3,(H2,19,20,21). The Balaban J connectivity index is 1.80. The lowest BCUT2D eigenvalue weighted by molar-refractivity contribution is 0.237. The molecule has 1 fully saturated rings. The van der Waals surface area contributed by atoms with E-state index >= 15 is 0 Å². The molecule has 1 aliphatic carbocycles. The highest BCUT2D eigenvalue weighted by Crippen LogP contribution is 2.28. The lowest BCUT2D eigenvalue weighted by Gasteiger charge is -2.14. The van der Waals surface area contributed by atoms with Gasteiger partial charge in [-0.3, -0.25) is 0 Å². The third-order valence-electron chi connectivity index (χ3n) is 4.00. The highest BCUT2D eigenvalue weighted by Gasteiger charge is 2.16. The molecule has 1 saturated carbocycles. The lowest BCUT2D eigenvalue weighted by Crippen LogP contribution is -2.41. The smallest absolute Gasteiger partial charge is 0.315 e. The first-order valence-corrected chi connectivity index (χ1v) is 8.65. The van der Waals surface area contributed by atoms with Crippen LogP contribution in [0.4, 0.5) is 4.79 Å². The number of carbonyl (C=O) groups is 1. The molecule has 2 rings (SSSR count). The number of hydrogen-bond donors (Lipinski definition) is 2. The molecule has 0 atom stereocenters. The van der Waals surface area contributed by atoms with Gasteiger partial charge in [-0.2, -0.15) is 0 Å². The molecule has 0 aliphatic heterocycles. The molecule has 23 heavy (non-hydrogen) atoms. The van der Waals surface area contributed by atoms with Crippen LogP contribution >= 0.6 is 0 Å². The molecule has 1 aliphatic rings. The van der Waals surface area contributed by atoms with Crippen LogP contribution in [0.15, 0.2) is 18.2 Å². The van der Waals surface area contributed by atoms with Gasteiger partial charge < -0.3 is 20.1 Å². The van der Waals surface area contributed by atoms with Crippen molar-refractivity contribution in [3.05, 3.63) is 23.8 Å². The summed E-state index contributed by atoms with van der Waals surface area (Å²) in [4.78, 5) is 11.8. The minimum absolute atomic E-state index is 0.0622. The van der Waals surface area contributed by atoms with Crippen molar-refractivity contribution in [2.75, 3.05) is 19.8 Å². The number of nitrogens with one attached hydrogen (secondary N) is 2. The second kappa shape index (κ2) is 9.28. The van der Waals surface area contributed by atoms with Crippen molar-refractivity contribution in [3.63, 3.8) is 0 Å². The van der Waals surface area contributed by atoms with Crippen LogP contribution in [0, 0.1) is 0 Å². The van der Waals surface area contributed by atoms with E-state index in [2.05, 4.69) is 10.6 Å². The van der Waals surface area contributed by atoms with Gasteiger partial charge in [0.2, 0.25) is 0 Å². The molecule has 0 spiro atoms. The second-order valence-corrected chi connectivity index (χ2v) is 5.78. The minimum Gasteiger partial charge on any atom is -0.490 e.